The second-order valence-electron chi connectivity index (χ2n) is 8.46. The van der Waals surface area contributed by atoms with Crippen LogP contribution in [0, 0.1) is 20.8 Å². The van der Waals surface area contributed by atoms with Crippen LogP contribution in [0.4, 0.5) is 5.69 Å². The first kappa shape index (κ1) is 19.6. The van der Waals surface area contributed by atoms with Crippen LogP contribution in [-0.2, 0) is 4.79 Å². The Labute approximate surface area is 164 Å². The van der Waals surface area contributed by atoms with E-state index < -0.39 is 0 Å². The molecule has 3 nitrogen and oxygen atoms in total. The Bertz CT molecular complexity index is 767. The number of para-hydroxylation sites is 1. The second kappa shape index (κ2) is 7.85. The number of nitrogens with one attached hydrogen (secondary N) is 1. The molecule has 27 heavy (non-hydrogen) atoms. The molecule has 1 aliphatic carbocycles. The molecule has 1 saturated heterocycles. The Balaban J connectivity index is 0.000000253. The van der Waals surface area contributed by atoms with Gasteiger partial charge in [0.25, 0.3) is 5.91 Å². The number of benzene rings is 2. The SMILES string of the molecule is Cc1cccc(C)c1NC(=O)C1([N+]2(C)CCCC2)CC1.Cc1ccccc1. The highest BCUT2D eigenvalue weighted by molar-refractivity contribution is 6.00. The zero-order valence-electron chi connectivity index (χ0n) is 17.2. The number of carbonyl (C=O) groups excluding carboxylic acids is 1. The van der Waals surface area contributed by atoms with Gasteiger partial charge in [0.05, 0.1) is 20.1 Å². The van der Waals surface area contributed by atoms with E-state index in [4.69, 9.17) is 0 Å². The minimum Gasteiger partial charge on any atom is -0.320 e. The average molecular weight is 366 g/mol. The van der Waals surface area contributed by atoms with Crippen LogP contribution >= 0.6 is 0 Å². The minimum atomic E-state index is -0.148. The predicted molar refractivity (Wildman–Crippen MR) is 113 cm³/mol. The Morgan fingerprint density at radius 2 is 1.44 bits per heavy atom. The summed E-state index contributed by atoms with van der Waals surface area (Å²) in [6, 6.07) is 16.4. The van der Waals surface area contributed by atoms with Crippen molar-refractivity contribution in [1.29, 1.82) is 0 Å². The molecular weight excluding hydrogens is 332 g/mol. The van der Waals surface area contributed by atoms with Crippen LogP contribution in [0.1, 0.15) is 42.4 Å². The fourth-order valence-electron chi connectivity index (χ4n) is 4.37. The normalized spacial score (nSPS) is 19.0. The minimum absolute atomic E-state index is 0.148. The Kier molecular flexibility index (Phi) is 5.71. The smallest absolute Gasteiger partial charge is 0.285 e. The van der Waals surface area contributed by atoms with Crippen LogP contribution in [0.2, 0.25) is 0 Å². The van der Waals surface area contributed by atoms with Crippen molar-refractivity contribution in [1.82, 2.24) is 0 Å². The number of carbonyl (C=O) groups is 1. The summed E-state index contributed by atoms with van der Waals surface area (Å²) < 4.78 is 0.948. The molecule has 0 unspecified atom stereocenters. The molecule has 0 radical (unpaired) electrons. The van der Waals surface area contributed by atoms with E-state index >= 15 is 0 Å². The van der Waals surface area contributed by atoms with Crippen molar-refractivity contribution in [2.45, 2.75) is 52.0 Å². The predicted octanol–water partition coefficient (Wildman–Crippen LogP) is 5.01. The number of hydrogen-bond acceptors (Lipinski definition) is 1. The maximum atomic E-state index is 12.9. The highest BCUT2D eigenvalue weighted by atomic mass is 16.2. The van der Waals surface area contributed by atoms with Crippen LogP contribution in [0.3, 0.4) is 0 Å². The molecule has 1 aliphatic heterocycles. The number of anilines is 1. The molecule has 2 aromatic rings. The fraction of sp³-hybridized carbons (Fsp3) is 0.458. The standard InChI is InChI=1S/C17H24N2O.C7H8/c1-13-7-6-8-14(2)15(13)18-16(20)17(9-10-17)19(3)11-4-5-12-19;1-7-5-3-2-4-6-7/h6-8H,4-5,9-12H2,1-3H3;2-6H,1H3/p+1. The van der Waals surface area contributed by atoms with Crippen molar-refractivity contribution in [2.75, 3.05) is 25.5 Å². The van der Waals surface area contributed by atoms with Gasteiger partial charge < -0.3 is 9.80 Å². The first-order valence-corrected chi connectivity index (χ1v) is 10.1. The van der Waals surface area contributed by atoms with Crippen LogP contribution < -0.4 is 5.32 Å². The summed E-state index contributed by atoms with van der Waals surface area (Å²) in [6.45, 7) is 8.52. The second-order valence-corrected chi connectivity index (χ2v) is 8.46. The third-order valence-electron chi connectivity index (χ3n) is 6.39. The zero-order valence-corrected chi connectivity index (χ0v) is 17.2. The summed E-state index contributed by atoms with van der Waals surface area (Å²) in [5.41, 5.74) is 4.49. The number of hydrogen-bond donors (Lipinski definition) is 1. The maximum absolute atomic E-state index is 12.9. The van der Waals surface area contributed by atoms with E-state index in [0.29, 0.717) is 0 Å². The van der Waals surface area contributed by atoms with Gasteiger partial charge >= 0.3 is 0 Å². The first-order valence-electron chi connectivity index (χ1n) is 10.1. The van der Waals surface area contributed by atoms with Gasteiger partial charge in [0.15, 0.2) is 5.54 Å². The number of likely N-dealkylation sites (tertiary alicyclic amines) is 1. The summed E-state index contributed by atoms with van der Waals surface area (Å²) in [4.78, 5) is 12.9. The van der Waals surface area contributed by atoms with E-state index in [1.807, 2.05) is 24.3 Å². The van der Waals surface area contributed by atoms with Gasteiger partial charge in [-0.05, 0) is 31.9 Å². The molecule has 1 N–H and O–H groups in total. The topological polar surface area (TPSA) is 29.1 Å². The summed E-state index contributed by atoms with van der Waals surface area (Å²) in [6.07, 6.45) is 4.60. The van der Waals surface area contributed by atoms with Gasteiger partial charge in [-0.25, -0.2) is 0 Å². The van der Waals surface area contributed by atoms with Crippen molar-refractivity contribution in [3.8, 4) is 0 Å². The lowest BCUT2D eigenvalue weighted by Crippen LogP contribution is -2.57. The van der Waals surface area contributed by atoms with Crippen molar-refractivity contribution in [3.05, 3.63) is 65.2 Å². The van der Waals surface area contributed by atoms with E-state index in [2.05, 4.69) is 57.4 Å². The number of amides is 1. The van der Waals surface area contributed by atoms with Crippen molar-refractivity contribution in [2.24, 2.45) is 0 Å². The number of aryl methyl sites for hydroxylation is 3. The molecule has 0 bridgehead atoms. The van der Waals surface area contributed by atoms with E-state index in [1.165, 1.54) is 18.4 Å². The quantitative estimate of drug-likeness (QED) is 0.761. The first-order chi connectivity index (χ1) is 12.9. The number of rotatable bonds is 3. The molecule has 144 valence electrons. The molecule has 0 spiro atoms. The van der Waals surface area contributed by atoms with Crippen molar-refractivity contribution >= 4 is 11.6 Å². The summed E-state index contributed by atoms with van der Waals surface area (Å²) in [7, 11) is 2.27. The van der Waals surface area contributed by atoms with Crippen LogP contribution in [0.25, 0.3) is 0 Å². The van der Waals surface area contributed by atoms with E-state index in [9.17, 15) is 4.79 Å². The van der Waals surface area contributed by atoms with Crippen LogP contribution in [0.15, 0.2) is 48.5 Å². The highest BCUT2D eigenvalue weighted by Gasteiger charge is 2.64. The molecule has 1 amide bonds. The van der Waals surface area contributed by atoms with E-state index in [-0.39, 0.29) is 11.4 Å². The molecule has 1 heterocycles. The fourth-order valence-corrected chi connectivity index (χ4v) is 4.37. The van der Waals surface area contributed by atoms with Crippen molar-refractivity contribution in [3.63, 3.8) is 0 Å². The Morgan fingerprint density at radius 1 is 0.889 bits per heavy atom. The third kappa shape index (κ3) is 4.08. The molecular formula is C24H33N2O+. The number of nitrogens with zero attached hydrogens (tertiary/aromatic N) is 1. The molecule has 4 rings (SSSR count). The molecule has 0 atom stereocenters. The molecule has 2 fully saturated rings. The average Bonchev–Trinajstić information content (AvgIpc) is 3.36. The monoisotopic (exact) mass is 365 g/mol. The van der Waals surface area contributed by atoms with Gasteiger partial charge in [-0.2, -0.15) is 0 Å². The molecule has 0 aromatic heterocycles. The van der Waals surface area contributed by atoms with Gasteiger partial charge in [0.1, 0.15) is 0 Å². The molecule has 1 saturated carbocycles. The summed E-state index contributed by atoms with van der Waals surface area (Å²) in [5.74, 6) is 0.235. The van der Waals surface area contributed by atoms with E-state index in [1.54, 1.807) is 0 Å². The van der Waals surface area contributed by atoms with Crippen LogP contribution in [0.5, 0.6) is 0 Å². The molecule has 3 heteroatoms. The van der Waals surface area contributed by atoms with Gasteiger partial charge in [-0.3, -0.25) is 4.79 Å². The Hall–Kier alpha value is -2.13. The van der Waals surface area contributed by atoms with Gasteiger partial charge in [-0.1, -0.05) is 54.1 Å². The lowest BCUT2D eigenvalue weighted by atomic mass is 10.1. The van der Waals surface area contributed by atoms with Crippen LogP contribution in [-0.4, -0.2) is 36.1 Å². The summed E-state index contributed by atoms with van der Waals surface area (Å²) in [5, 5.41) is 3.23. The zero-order chi connectivity index (χ0) is 19.5. The van der Waals surface area contributed by atoms with Gasteiger partial charge in [0, 0.05) is 31.4 Å². The lowest BCUT2D eigenvalue weighted by molar-refractivity contribution is -0.923. The van der Waals surface area contributed by atoms with Gasteiger partial charge in [-0.15, -0.1) is 0 Å². The molecule has 2 aromatic carbocycles. The Morgan fingerprint density at radius 3 is 1.89 bits per heavy atom. The maximum Gasteiger partial charge on any atom is 0.285 e. The van der Waals surface area contributed by atoms with Gasteiger partial charge in [0.2, 0.25) is 0 Å². The molecule has 2 aliphatic rings. The number of quaternary nitrogens is 1. The van der Waals surface area contributed by atoms with Crippen molar-refractivity contribution < 1.29 is 9.28 Å². The summed E-state index contributed by atoms with van der Waals surface area (Å²) >= 11 is 0. The highest BCUT2D eigenvalue weighted by Crippen LogP contribution is 2.49. The largest absolute Gasteiger partial charge is 0.320 e. The van der Waals surface area contributed by atoms with E-state index in [0.717, 1.165) is 47.2 Å². The third-order valence-corrected chi connectivity index (χ3v) is 6.39. The lowest BCUT2D eigenvalue weighted by Gasteiger charge is -2.37. The number of likely N-dealkylation sites (N-methyl/N-ethyl adjacent to an activating group) is 1.